The summed E-state index contributed by atoms with van der Waals surface area (Å²) in [7, 11) is 0. The molecule has 2 aromatic heterocycles. The highest BCUT2D eigenvalue weighted by Gasteiger charge is 2.29. The fourth-order valence-electron chi connectivity index (χ4n) is 7.09. The van der Waals surface area contributed by atoms with E-state index in [0.29, 0.717) is 23.9 Å². The molecule has 0 saturated heterocycles. The van der Waals surface area contributed by atoms with Gasteiger partial charge in [-0.25, -0.2) is 0 Å². The van der Waals surface area contributed by atoms with Crippen molar-refractivity contribution in [2.24, 2.45) is 0 Å². The topological polar surface area (TPSA) is 44.0 Å². The molecule has 3 aromatic carbocycles. The minimum atomic E-state index is -0.114. The van der Waals surface area contributed by atoms with Crippen LogP contribution in [0.2, 0.25) is 0 Å². The van der Waals surface area contributed by atoms with E-state index in [1.54, 1.807) is 0 Å². The summed E-state index contributed by atoms with van der Waals surface area (Å²) in [5.74, 6) is 0. The zero-order valence-corrected chi connectivity index (χ0v) is 29.6. The van der Waals surface area contributed by atoms with Gasteiger partial charge in [0.2, 0.25) is 0 Å². The van der Waals surface area contributed by atoms with Gasteiger partial charge in [0, 0.05) is 34.6 Å². The lowest BCUT2D eigenvalue weighted by Gasteiger charge is -2.31. The van der Waals surface area contributed by atoms with E-state index in [0.717, 1.165) is 32.8 Å². The predicted molar refractivity (Wildman–Crippen MR) is 191 cm³/mol. The molecule has 0 spiro atoms. The van der Waals surface area contributed by atoms with Crippen LogP contribution in [-0.2, 0) is 34.7 Å². The summed E-state index contributed by atoms with van der Waals surface area (Å²) >= 11 is 0. The van der Waals surface area contributed by atoms with Gasteiger partial charge >= 0.3 is 0 Å². The van der Waals surface area contributed by atoms with Crippen LogP contribution in [-0.4, -0.2) is 9.13 Å². The molecule has 0 amide bonds. The number of nitrogens with zero attached hydrogens (tertiary/aromatic N) is 2. The summed E-state index contributed by atoms with van der Waals surface area (Å²) in [5, 5.41) is 2.82. The molecule has 0 bridgehead atoms. The fraction of sp³-hybridized carbons (Fsp3) is 0.500. The third kappa shape index (κ3) is 4.99. The van der Waals surface area contributed by atoms with Gasteiger partial charge in [0.05, 0.1) is 22.1 Å². The number of pyridine rings is 2. The first kappa shape index (κ1) is 32.0. The number of aryl methyl sites for hydroxylation is 2. The van der Waals surface area contributed by atoms with Gasteiger partial charge in [-0.2, -0.15) is 0 Å². The van der Waals surface area contributed by atoms with Crippen LogP contribution in [0, 0.1) is 0 Å². The zero-order valence-electron chi connectivity index (χ0n) is 29.6. The molecule has 0 fully saturated rings. The van der Waals surface area contributed by atoms with E-state index in [1.165, 1.54) is 22.3 Å². The lowest BCUT2D eigenvalue weighted by atomic mass is 9.74. The molecule has 0 aliphatic rings. The first-order chi connectivity index (χ1) is 20.1. The van der Waals surface area contributed by atoms with Crippen LogP contribution in [0.15, 0.2) is 46.0 Å². The van der Waals surface area contributed by atoms with Crippen LogP contribution in [0.5, 0.6) is 0 Å². The highest BCUT2D eigenvalue weighted by molar-refractivity contribution is 6.04. The molecule has 0 aliphatic carbocycles. The maximum Gasteiger partial charge on any atom is 0.197 e. The number of fused-ring (bicyclic) bond motifs is 4. The van der Waals surface area contributed by atoms with E-state index >= 15 is 0 Å². The van der Waals surface area contributed by atoms with Gasteiger partial charge in [-0.1, -0.05) is 83.1 Å². The molecule has 0 unspecified atom stereocenters. The van der Waals surface area contributed by atoms with Crippen LogP contribution < -0.4 is 10.9 Å². The van der Waals surface area contributed by atoms with Crippen molar-refractivity contribution in [1.29, 1.82) is 0 Å². The van der Waals surface area contributed by atoms with Crippen molar-refractivity contribution in [1.82, 2.24) is 9.13 Å². The molecule has 0 aliphatic heterocycles. The van der Waals surface area contributed by atoms with Gasteiger partial charge in [-0.05, 0) is 94.2 Å². The van der Waals surface area contributed by atoms with Crippen LogP contribution in [0.1, 0.15) is 119 Å². The monoisotopic (exact) mass is 592 g/mol. The van der Waals surface area contributed by atoms with E-state index in [2.05, 4.69) is 130 Å². The summed E-state index contributed by atoms with van der Waals surface area (Å²) in [5.41, 5.74) is 8.08. The first-order valence-corrected chi connectivity index (χ1v) is 16.3. The quantitative estimate of drug-likeness (QED) is 0.192. The Morgan fingerprint density at radius 1 is 0.409 bits per heavy atom. The maximum atomic E-state index is 14.4. The summed E-state index contributed by atoms with van der Waals surface area (Å²) in [6.45, 7) is 32.4. The number of aromatic nitrogens is 2. The summed E-state index contributed by atoms with van der Waals surface area (Å²) in [6, 6.07) is 12.7. The zero-order chi connectivity index (χ0) is 32.9. The van der Waals surface area contributed by atoms with Gasteiger partial charge in [0.25, 0.3) is 0 Å². The lowest BCUT2D eigenvalue weighted by molar-refractivity contribution is 0.531. The molecule has 0 atom stereocenters. The van der Waals surface area contributed by atoms with Gasteiger partial charge < -0.3 is 9.13 Å². The van der Waals surface area contributed by atoms with Crippen LogP contribution in [0.25, 0.3) is 43.6 Å². The SMILES string of the molecule is CCn1c2cc(C(C)(C)C)c(C(C)(C)C)cc2c(=O)c2cc3c(cc21)c(=O)c1cc(C(C)(C)C)c(C(C)(C)C)cc1n3CC. The average Bonchev–Trinajstić information content (AvgIpc) is 2.90. The largest absolute Gasteiger partial charge is 0.341 e. The highest BCUT2D eigenvalue weighted by Crippen LogP contribution is 2.39. The minimum absolute atomic E-state index is 0.0289. The normalized spacial score (nSPS) is 13.6. The van der Waals surface area contributed by atoms with E-state index in [1.807, 2.05) is 12.1 Å². The first-order valence-electron chi connectivity index (χ1n) is 16.3. The van der Waals surface area contributed by atoms with Gasteiger partial charge in [0.15, 0.2) is 10.9 Å². The Hall–Kier alpha value is -3.40. The third-order valence-corrected chi connectivity index (χ3v) is 9.39. The van der Waals surface area contributed by atoms with Crippen molar-refractivity contribution in [3.8, 4) is 0 Å². The van der Waals surface area contributed by atoms with E-state index in [-0.39, 0.29) is 32.5 Å². The number of hydrogen-bond donors (Lipinski definition) is 0. The summed E-state index contributed by atoms with van der Waals surface area (Å²) < 4.78 is 4.47. The second-order valence-corrected chi connectivity index (χ2v) is 16.9. The number of rotatable bonds is 2. The number of hydrogen-bond acceptors (Lipinski definition) is 2. The minimum Gasteiger partial charge on any atom is -0.341 e. The van der Waals surface area contributed by atoms with Crippen molar-refractivity contribution in [3.63, 3.8) is 0 Å². The Kier molecular flexibility index (Phi) is 7.31. The third-order valence-electron chi connectivity index (χ3n) is 9.39. The van der Waals surface area contributed by atoms with Crippen LogP contribution >= 0.6 is 0 Å². The second kappa shape index (κ2) is 10.1. The molecule has 4 nitrogen and oxygen atoms in total. The Balaban J connectivity index is 2.03. The Morgan fingerprint density at radius 3 is 0.886 bits per heavy atom. The lowest BCUT2D eigenvalue weighted by Crippen LogP contribution is -2.24. The Morgan fingerprint density at radius 2 is 0.636 bits per heavy atom. The maximum absolute atomic E-state index is 14.4. The summed E-state index contributed by atoms with van der Waals surface area (Å²) in [4.78, 5) is 28.9. The number of benzene rings is 3. The second-order valence-electron chi connectivity index (χ2n) is 16.9. The molecule has 234 valence electrons. The van der Waals surface area contributed by atoms with E-state index < -0.39 is 0 Å². The Labute approximate surface area is 263 Å². The highest BCUT2D eigenvalue weighted by atomic mass is 16.1. The molecule has 44 heavy (non-hydrogen) atoms. The molecule has 0 saturated carbocycles. The van der Waals surface area contributed by atoms with Crippen molar-refractivity contribution in [3.05, 3.63) is 79.1 Å². The Bertz CT molecular complexity index is 1940. The van der Waals surface area contributed by atoms with Crippen molar-refractivity contribution in [2.75, 3.05) is 0 Å². The van der Waals surface area contributed by atoms with Gasteiger partial charge in [-0.15, -0.1) is 0 Å². The van der Waals surface area contributed by atoms with Crippen molar-refractivity contribution in [2.45, 2.75) is 132 Å². The molecule has 0 radical (unpaired) electrons. The molecular formula is C40H52N2O2. The van der Waals surface area contributed by atoms with Crippen LogP contribution in [0.4, 0.5) is 0 Å². The molecule has 5 aromatic rings. The predicted octanol–water partition coefficient (Wildman–Crippen LogP) is 9.85. The van der Waals surface area contributed by atoms with Crippen molar-refractivity contribution < 1.29 is 0 Å². The van der Waals surface area contributed by atoms with E-state index in [9.17, 15) is 9.59 Å². The smallest absolute Gasteiger partial charge is 0.197 e. The fourth-order valence-corrected chi connectivity index (χ4v) is 7.09. The van der Waals surface area contributed by atoms with Gasteiger partial charge in [-0.3, -0.25) is 9.59 Å². The van der Waals surface area contributed by atoms with Crippen molar-refractivity contribution >= 4 is 43.6 Å². The van der Waals surface area contributed by atoms with Crippen LogP contribution in [0.3, 0.4) is 0 Å². The molecule has 0 N–H and O–H groups in total. The van der Waals surface area contributed by atoms with Gasteiger partial charge in [0.1, 0.15) is 0 Å². The molecular weight excluding hydrogens is 540 g/mol. The molecule has 4 heteroatoms. The average molecular weight is 593 g/mol. The molecule has 5 rings (SSSR count). The summed E-state index contributed by atoms with van der Waals surface area (Å²) in [6.07, 6.45) is 0. The molecule has 2 heterocycles. The van der Waals surface area contributed by atoms with E-state index in [4.69, 9.17) is 0 Å². The standard InChI is InChI=1S/C40H52N2O2/c1-15-41-31-19-26-32(20-25(31)35(43)23-17-27(37(3,4)5)29(21-33(23)41)39(9,10)11)42(16-2)34-22-30(40(12,13)14)28(38(6,7)8)18-24(34)36(26)44/h17-22H,15-16H2,1-14H3.